The topological polar surface area (TPSA) is 55.6 Å². The number of rotatable bonds is 3. The van der Waals surface area contributed by atoms with Crippen molar-refractivity contribution in [1.29, 1.82) is 0 Å². The van der Waals surface area contributed by atoms with E-state index in [2.05, 4.69) is 0 Å². The maximum atomic E-state index is 11.4. The van der Waals surface area contributed by atoms with E-state index in [0.29, 0.717) is 11.5 Å². The zero-order valence-electron chi connectivity index (χ0n) is 8.36. The largest absolute Gasteiger partial charge is 0.453 e. The van der Waals surface area contributed by atoms with Gasteiger partial charge in [0.2, 0.25) is 0 Å². The Hall–Kier alpha value is -0.840. The molecule has 0 aromatic heterocycles. The number of carbonyl (C=O) groups excluding carboxylic acids is 1. The average Bonchev–Trinajstić information content (AvgIpc) is 2.65. The Morgan fingerprint density at radius 1 is 1.57 bits per heavy atom. The van der Waals surface area contributed by atoms with Crippen molar-refractivity contribution >= 4 is 23.3 Å². The zero-order valence-corrected chi connectivity index (χ0v) is 9.18. The van der Waals surface area contributed by atoms with Crippen molar-refractivity contribution in [3.8, 4) is 0 Å². The van der Waals surface area contributed by atoms with Gasteiger partial charge in [-0.25, -0.2) is 4.79 Å². The van der Waals surface area contributed by atoms with Crippen molar-refractivity contribution in [2.45, 2.75) is 31.7 Å². The molecule has 0 aromatic carbocycles. The van der Waals surface area contributed by atoms with Gasteiger partial charge in [0.25, 0.3) is 0 Å². The summed E-state index contributed by atoms with van der Waals surface area (Å²) >= 11 is 4.80. The quantitative estimate of drug-likeness (QED) is 0.722. The van der Waals surface area contributed by atoms with Crippen LogP contribution in [0.1, 0.15) is 25.7 Å². The van der Waals surface area contributed by atoms with Crippen LogP contribution in [0.25, 0.3) is 0 Å². The number of thiocarbonyl (C=S) groups is 1. The Labute approximate surface area is 89.4 Å². The SMILES string of the molecule is COC(=O)N(CC(N)=S)C1CCCC1. The number of carbonyl (C=O) groups is 1. The first-order valence-corrected chi connectivity index (χ1v) is 5.19. The summed E-state index contributed by atoms with van der Waals surface area (Å²) in [4.78, 5) is 13.4. The molecule has 1 aliphatic rings. The highest BCUT2D eigenvalue weighted by Gasteiger charge is 2.27. The molecule has 1 fully saturated rings. The smallest absolute Gasteiger partial charge is 0.410 e. The summed E-state index contributed by atoms with van der Waals surface area (Å²) in [5, 5.41) is 0. The van der Waals surface area contributed by atoms with E-state index in [4.69, 9.17) is 22.7 Å². The lowest BCUT2D eigenvalue weighted by Gasteiger charge is -2.26. The van der Waals surface area contributed by atoms with E-state index in [9.17, 15) is 4.79 Å². The van der Waals surface area contributed by atoms with Gasteiger partial charge in [0, 0.05) is 6.04 Å². The summed E-state index contributed by atoms with van der Waals surface area (Å²) in [5.41, 5.74) is 5.44. The Kier molecular flexibility index (Phi) is 4.13. The minimum absolute atomic E-state index is 0.254. The molecule has 2 N–H and O–H groups in total. The number of hydrogen-bond acceptors (Lipinski definition) is 3. The fourth-order valence-corrected chi connectivity index (χ4v) is 1.98. The van der Waals surface area contributed by atoms with Crippen molar-refractivity contribution in [2.24, 2.45) is 5.73 Å². The molecule has 0 aromatic rings. The van der Waals surface area contributed by atoms with Gasteiger partial charge in [-0.15, -0.1) is 0 Å². The molecule has 1 rings (SSSR count). The highest BCUT2D eigenvalue weighted by atomic mass is 32.1. The predicted molar refractivity (Wildman–Crippen MR) is 58.2 cm³/mol. The third-order valence-corrected chi connectivity index (χ3v) is 2.63. The van der Waals surface area contributed by atoms with Gasteiger partial charge < -0.3 is 10.5 Å². The number of amides is 1. The van der Waals surface area contributed by atoms with Crippen LogP contribution in [0.4, 0.5) is 4.79 Å². The zero-order chi connectivity index (χ0) is 10.6. The summed E-state index contributed by atoms with van der Waals surface area (Å²) in [7, 11) is 1.38. The number of hydrogen-bond donors (Lipinski definition) is 1. The standard InChI is InChI=1S/C9H16N2O2S/c1-13-9(12)11(6-8(10)14)7-4-2-3-5-7/h7H,2-6H2,1H3,(H2,10,14). The highest BCUT2D eigenvalue weighted by molar-refractivity contribution is 7.80. The van der Waals surface area contributed by atoms with Crippen LogP contribution in [0.2, 0.25) is 0 Å². The van der Waals surface area contributed by atoms with Gasteiger partial charge in [-0.2, -0.15) is 0 Å². The van der Waals surface area contributed by atoms with Crippen LogP contribution in [0.15, 0.2) is 0 Å². The second-order valence-corrected chi connectivity index (χ2v) is 4.03. The van der Waals surface area contributed by atoms with Crippen LogP contribution in [0, 0.1) is 0 Å². The molecule has 0 unspecified atom stereocenters. The first-order valence-electron chi connectivity index (χ1n) is 4.78. The molecular formula is C9H16N2O2S. The van der Waals surface area contributed by atoms with E-state index >= 15 is 0 Å². The van der Waals surface area contributed by atoms with Crippen LogP contribution in [0.5, 0.6) is 0 Å². The fourth-order valence-electron chi connectivity index (χ4n) is 1.84. The number of nitrogens with two attached hydrogens (primary N) is 1. The molecule has 5 heteroatoms. The van der Waals surface area contributed by atoms with Crippen molar-refractivity contribution in [2.75, 3.05) is 13.7 Å². The van der Waals surface area contributed by atoms with E-state index in [0.717, 1.165) is 25.7 Å². The van der Waals surface area contributed by atoms with Gasteiger partial charge in [0.05, 0.1) is 18.6 Å². The van der Waals surface area contributed by atoms with Crippen molar-refractivity contribution in [1.82, 2.24) is 4.90 Å². The first kappa shape index (κ1) is 11.2. The van der Waals surface area contributed by atoms with Crippen LogP contribution in [0.3, 0.4) is 0 Å². The average molecular weight is 216 g/mol. The van der Waals surface area contributed by atoms with Crippen LogP contribution in [-0.2, 0) is 4.74 Å². The van der Waals surface area contributed by atoms with Crippen molar-refractivity contribution in [3.05, 3.63) is 0 Å². The first-order chi connectivity index (χ1) is 6.65. The van der Waals surface area contributed by atoms with Gasteiger partial charge in [-0.05, 0) is 12.8 Å². The van der Waals surface area contributed by atoms with E-state index < -0.39 is 0 Å². The summed E-state index contributed by atoms with van der Waals surface area (Å²) in [6, 6.07) is 0.254. The minimum Gasteiger partial charge on any atom is -0.453 e. The highest BCUT2D eigenvalue weighted by Crippen LogP contribution is 2.23. The molecule has 14 heavy (non-hydrogen) atoms. The van der Waals surface area contributed by atoms with Gasteiger partial charge in [-0.1, -0.05) is 25.1 Å². The molecule has 1 amide bonds. The lowest BCUT2D eigenvalue weighted by atomic mass is 10.2. The third kappa shape index (κ3) is 2.83. The predicted octanol–water partition coefficient (Wildman–Crippen LogP) is 1.28. The Balaban J connectivity index is 2.59. The molecule has 4 nitrogen and oxygen atoms in total. The summed E-state index contributed by atoms with van der Waals surface area (Å²) < 4.78 is 4.70. The Morgan fingerprint density at radius 2 is 2.14 bits per heavy atom. The maximum Gasteiger partial charge on any atom is 0.410 e. The van der Waals surface area contributed by atoms with Crippen LogP contribution >= 0.6 is 12.2 Å². The number of nitrogens with zero attached hydrogens (tertiary/aromatic N) is 1. The lowest BCUT2D eigenvalue weighted by Crippen LogP contribution is -2.43. The maximum absolute atomic E-state index is 11.4. The molecule has 80 valence electrons. The van der Waals surface area contributed by atoms with E-state index in [-0.39, 0.29) is 12.1 Å². The second kappa shape index (κ2) is 5.14. The molecule has 0 atom stereocenters. The molecule has 0 heterocycles. The molecule has 0 aliphatic heterocycles. The minimum atomic E-state index is -0.329. The number of ether oxygens (including phenoxy) is 1. The fraction of sp³-hybridized carbons (Fsp3) is 0.778. The molecule has 0 saturated heterocycles. The van der Waals surface area contributed by atoms with Gasteiger partial charge in [0.15, 0.2) is 0 Å². The molecular weight excluding hydrogens is 200 g/mol. The van der Waals surface area contributed by atoms with Crippen LogP contribution < -0.4 is 5.73 Å². The summed E-state index contributed by atoms with van der Waals surface area (Å²) in [5.74, 6) is 0. The Bertz CT molecular complexity index is 227. The van der Waals surface area contributed by atoms with Gasteiger partial charge in [-0.3, -0.25) is 4.90 Å². The van der Waals surface area contributed by atoms with Gasteiger partial charge in [0.1, 0.15) is 0 Å². The normalized spacial score (nSPS) is 16.6. The van der Waals surface area contributed by atoms with Crippen molar-refractivity contribution < 1.29 is 9.53 Å². The van der Waals surface area contributed by atoms with Crippen LogP contribution in [-0.4, -0.2) is 35.7 Å². The second-order valence-electron chi connectivity index (χ2n) is 3.50. The van der Waals surface area contributed by atoms with Crippen molar-refractivity contribution in [3.63, 3.8) is 0 Å². The van der Waals surface area contributed by atoms with E-state index in [1.165, 1.54) is 7.11 Å². The lowest BCUT2D eigenvalue weighted by molar-refractivity contribution is 0.113. The van der Waals surface area contributed by atoms with Gasteiger partial charge >= 0.3 is 6.09 Å². The van der Waals surface area contributed by atoms with E-state index in [1.807, 2.05) is 0 Å². The van der Waals surface area contributed by atoms with E-state index in [1.54, 1.807) is 4.90 Å². The molecule has 0 radical (unpaired) electrons. The third-order valence-electron chi connectivity index (χ3n) is 2.50. The number of methoxy groups -OCH3 is 1. The molecule has 0 spiro atoms. The molecule has 1 aliphatic carbocycles. The summed E-state index contributed by atoms with van der Waals surface area (Å²) in [6.45, 7) is 0.326. The molecule has 1 saturated carbocycles. The molecule has 0 bridgehead atoms. The Morgan fingerprint density at radius 3 is 2.57 bits per heavy atom. The summed E-state index contributed by atoms with van der Waals surface area (Å²) in [6.07, 6.45) is 4.05. The monoisotopic (exact) mass is 216 g/mol.